The van der Waals surface area contributed by atoms with Crippen molar-refractivity contribution >= 4 is 5.78 Å². The molecule has 0 heterocycles. The number of ether oxygens (including phenoxy) is 2. The minimum absolute atomic E-state index is 0.0349. The summed E-state index contributed by atoms with van der Waals surface area (Å²) in [6.07, 6.45) is -2.09. The number of benzene rings is 1. The van der Waals surface area contributed by atoms with Gasteiger partial charge in [0, 0.05) is 12.8 Å². The van der Waals surface area contributed by atoms with E-state index in [4.69, 9.17) is 4.74 Å². The second-order valence-electron chi connectivity index (χ2n) is 3.78. The van der Waals surface area contributed by atoms with Gasteiger partial charge in [0.1, 0.15) is 18.1 Å². The number of methoxy groups -OCH3 is 1. The van der Waals surface area contributed by atoms with Gasteiger partial charge in [-0.05, 0) is 17.7 Å². The zero-order valence-corrected chi connectivity index (χ0v) is 10.2. The summed E-state index contributed by atoms with van der Waals surface area (Å²) in [4.78, 5) is 11.5. The molecule has 1 rings (SSSR count). The number of rotatable bonds is 8. The van der Waals surface area contributed by atoms with Crippen molar-refractivity contribution in [3.05, 3.63) is 29.8 Å². The van der Waals surface area contributed by atoms with Crippen molar-refractivity contribution < 1.29 is 23.0 Å². The van der Waals surface area contributed by atoms with Gasteiger partial charge in [-0.15, -0.1) is 0 Å². The smallest absolute Gasteiger partial charge is 0.261 e. The van der Waals surface area contributed by atoms with Crippen LogP contribution in [-0.4, -0.2) is 32.5 Å². The molecular weight excluding hydrogens is 242 g/mol. The fraction of sp³-hybridized carbons (Fsp3) is 0.462. The van der Waals surface area contributed by atoms with Gasteiger partial charge in [-0.3, -0.25) is 4.79 Å². The molecule has 0 atom stereocenters. The molecule has 100 valence electrons. The summed E-state index contributed by atoms with van der Waals surface area (Å²) in [5.41, 5.74) is 0.841. The van der Waals surface area contributed by atoms with Gasteiger partial charge in [-0.25, -0.2) is 8.78 Å². The molecular formula is C13H16F2O3. The van der Waals surface area contributed by atoms with Crippen LogP contribution in [0.15, 0.2) is 24.3 Å². The van der Waals surface area contributed by atoms with Crippen LogP contribution >= 0.6 is 0 Å². The molecule has 0 fully saturated rings. The number of halogens is 2. The van der Waals surface area contributed by atoms with Crippen LogP contribution in [0.25, 0.3) is 0 Å². The van der Waals surface area contributed by atoms with Crippen LogP contribution in [0.2, 0.25) is 0 Å². The SMILES string of the molecule is COc1cccc(CC(=O)CCOCC(F)F)c1. The van der Waals surface area contributed by atoms with Gasteiger partial charge in [0.15, 0.2) is 0 Å². The van der Waals surface area contributed by atoms with Crippen LogP contribution in [0, 0.1) is 0 Å². The van der Waals surface area contributed by atoms with E-state index in [2.05, 4.69) is 4.74 Å². The molecule has 0 aromatic heterocycles. The Morgan fingerprint density at radius 3 is 2.83 bits per heavy atom. The average Bonchev–Trinajstić information content (AvgIpc) is 2.34. The molecule has 0 saturated carbocycles. The van der Waals surface area contributed by atoms with E-state index >= 15 is 0 Å². The third-order valence-electron chi connectivity index (χ3n) is 2.30. The lowest BCUT2D eigenvalue weighted by Crippen LogP contribution is -2.10. The lowest BCUT2D eigenvalue weighted by atomic mass is 10.1. The summed E-state index contributed by atoms with van der Waals surface area (Å²) in [6, 6.07) is 7.19. The van der Waals surface area contributed by atoms with E-state index in [1.54, 1.807) is 25.3 Å². The number of ketones is 1. The second-order valence-corrected chi connectivity index (χ2v) is 3.78. The highest BCUT2D eigenvalue weighted by Gasteiger charge is 2.06. The van der Waals surface area contributed by atoms with Crippen molar-refractivity contribution in [2.75, 3.05) is 20.3 Å². The molecule has 0 aliphatic heterocycles. The molecule has 0 bridgehead atoms. The molecule has 0 aliphatic carbocycles. The van der Waals surface area contributed by atoms with E-state index in [0.29, 0.717) is 5.75 Å². The lowest BCUT2D eigenvalue weighted by Gasteiger charge is -2.05. The summed E-state index contributed by atoms with van der Waals surface area (Å²) in [5.74, 6) is 0.645. The molecule has 1 aromatic carbocycles. The first kappa shape index (κ1) is 14.6. The number of hydrogen-bond acceptors (Lipinski definition) is 3. The van der Waals surface area contributed by atoms with E-state index in [0.717, 1.165) is 5.56 Å². The average molecular weight is 258 g/mol. The highest BCUT2D eigenvalue weighted by molar-refractivity contribution is 5.81. The third kappa shape index (κ3) is 5.72. The highest BCUT2D eigenvalue weighted by atomic mass is 19.3. The van der Waals surface area contributed by atoms with Crippen LogP contribution in [0.3, 0.4) is 0 Å². The maximum Gasteiger partial charge on any atom is 0.261 e. The topological polar surface area (TPSA) is 35.5 Å². The Hall–Kier alpha value is -1.49. The van der Waals surface area contributed by atoms with Crippen molar-refractivity contribution in [2.24, 2.45) is 0 Å². The minimum Gasteiger partial charge on any atom is -0.497 e. The molecule has 0 spiro atoms. The Morgan fingerprint density at radius 2 is 2.17 bits per heavy atom. The zero-order chi connectivity index (χ0) is 13.4. The molecule has 0 N–H and O–H groups in total. The number of carbonyl (C=O) groups is 1. The number of hydrogen-bond donors (Lipinski definition) is 0. The summed E-state index contributed by atoms with van der Waals surface area (Å²) in [6.45, 7) is -0.584. The van der Waals surface area contributed by atoms with Crippen molar-refractivity contribution in [1.82, 2.24) is 0 Å². The van der Waals surface area contributed by atoms with Crippen molar-refractivity contribution in [3.8, 4) is 5.75 Å². The van der Waals surface area contributed by atoms with Gasteiger partial charge in [-0.2, -0.15) is 0 Å². The Kier molecular flexibility index (Phi) is 6.28. The standard InChI is InChI=1S/C13H16F2O3/c1-17-12-4-2-3-10(8-12)7-11(16)5-6-18-9-13(14)15/h2-4,8,13H,5-7,9H2,1H3. The number of Topliss-reactive ketones (excluding diaryl/α,β-unsaturated/α-hetero) is 1. The summed E-state index contributed by atoms with van der Waals surface area (Å²) < 4.78 is 33.2. The van der Waals surface area contributed by atoms with Crippen LogP contribution in [0.1, 0.15) is 12.0 Å². The molecule has 0 aliphatic rings. The Morgan fingerprint density at radius 1 is 1.39 bits per heavy atom. The van der Waals surface area contributed by atoms with E-state index in [1.807, 2.05) is 6.07 Å². The van der Waals surface area contributed by atoms with Crippen molar-refractivity contribution in [2.45, 2.75) is 19.3 Å². The molecule has 0 radical (unpaired) electrons. The molecule has 0 saturated heterocycles. The van der Waals surface area contributed by atoms with Crippen LogP contribution in [0.5, 0.6) is 5.75 Å². The molecule has 18 heavy (non-hydrogen) atoms. The van der Waals surface area contributed by atoms with E-state index in [9.17, 15) is 13.6 Å². The predicted octanol–water partition coefficient (Wildman–Crippen LogP) is 2.48. The molecule has 0 amide bonds. The van der Waals surface area contributed by atoms with Crippen molar-refractivity contribution in [1.29, 1.82) is 0 Å². The third-order valence-corrected chi connectivity index (χ3v) is 2.30. The van der Waals surface area contributed by atoms with Crippen molar-refractivity contribution in [3.63, 3.8) is 0 Å². The summed E-state index contributed by atoms with van der Waals surface area (Å²) in [7, 11) is 1.55. The molecule has 1 aromatic rings. The maximum absolute atomic E-state index is 11.8. The lowest BCUT2D eigenvalue weighted by molar-refractivity contribution is -0.119. The first-order valence-electron chi connectivity index (χ1n) is 5.62. The number of carbonyl (C=O) groups excluding carboxylic acids is 1. The monoisotopic (exact) mass is 258 g/mol. The van der Waals surface area contributed by atoms with E-state index in [-0.39, 0.29) is 25.2 Å². The highest BCUT2D eigenvalue weighted by Crippen LogP contribution is 2.13. The van der Waals surface area contributed by atoms with Crippen LogP contribution < -0.4 is 4.74 Å². The largest absolute Gasteiger partial charge is 0.497 e. The number of alkyl halides is 2. The summed E-state index contributed by atoms with van der Waals surface area (Å²) in [5, 5.41) is 0. The Labute approximate surface area is 105 Å². The van der Waals surface area contributed by atoms with Gasteiger partial charge in [-0.1, -0.05) is 12.1 Å². The first-order chi connectivity index (χ1) is 8.61. The fourth-order valence-electron chi connectivity index (χ4n) is 1.46. The minimum atomic E-state index is -2.49. The van der Waals surface area contributed by atoms with Gasteiger partial charge in [0.2, 0.25) is 0 Å². The van der Waals surface area contributed by atoms with E-state index < -0.39 is 13.0 Å². The first-order valence-corrected chi connectivity index (χ1v) is 5.62. The second kappa shape index (κ2) is 7.76. The molecule has 0 unspecified atom stereocenters. The van der Waals surface area contributed by atoms with Crippen LogP contribution in [-0.2, 0) is 16.0 Å². The summed E-state index contributed by atoms with van der Waals surface area (Å²) >= 11 is 0. The quantitative estimate of drug-likeness (QED) is 0.672. The Bertz CT molecular complexity index is 380. The Balaban J connectivity index is 2.30. The maximum atomic E-state index is 11.8. The molecule has 3 nitrogen and oxygen atoms in total. The van der Waals surface area contributed by atoms with Gasteiger partial charge < -0.3 is 9.47 Å². The van der Waals surface area contributed by atoms with Crippen LogP contribution in [0.4, 0.5) is 8.78 Å². The van der Waals surface area contributed by atoms with E-state index in [1.165, 1.54) is 0 Å². The normalized spacial score (nSPS) is 10.7. The van der Waals surface area contributed by atoms with Gasteiger partial charge >= 0.3 is 0 Å². The zero-order valence-electron chi connectivity index (χ0n) is 10.2. The van der Waals surface area contributed by atoms with Gasteiger partial charge in [0.05, 0.1) is 13.7 Å². The van der Waals surface area contributed by atoms with Gasteiger partial charge in [0.25, 0.3) is 6.43 Å². The predicted molar refractivity (Wildman–Crippen MR) is 63.1 cm³/mol. The molecule has 5 heteroatoms. The fourth-order valence-corrected chi connectivity index (χ4v) is 1.46.